The Bertz CT molecular complexity index is 142. The molecule has 1 N–H and O–H groups in total. The smallest absolute Gasteiger partial charge is 0.0706 e. The van der Waals surface area contributed by atoms with Gasteiger partial charge in [-0.3, -0.25) is 0 Å². The van der Waals surface area contributed by atoms with Crippen LogP contribution < -0.4 is 0 Å². The zero-order valence-electron chi connectivity index (χ0n) is 7.38. The first-order valence-electron chi connectivity index (χ1n) is 5.09. The molecule has 0 aromatic rings. The predicted molar refractivity (Wildman–Crippen MR) is 50.3 cm³/mol. The van der Waals surface area contributed by atoms with Crippen LogP contribution in [0.4, 0.5) is 0 Å². The normalized spacial score (nSPS) is 48.5. The van der Waals surface area contributed by atoms with E-state index in [0.717, 1.165) is 24.7 Å². The molecular formula is C10H17ClO. The molecule has 2 aliphatic rings. The van der Waals surface area contributed by atoms with Crippen molar-refractivity contribution in [2.45, 2.75) is 50.0 Å². The molecule has 2 rings (SSSR count). The van der Waals surface area contributed by atoms with Gasteiger partial charge in [-0.2, -0.15) is 0 Å². The Morgan fingerprint density at radius 3 is 2.25 bits per heavy atom. The van der Waals surface area contributed by atoms with Crippen LogP contribution in [0.1, 0.15) is 38.5 Å². The van der Waals surface area contributed by atoms with Gasteiger partial charge >= 0.3 is 0 Å². The summed E-state index contributed by atoms with van der Waals surface area (Å²) in [6.07, 6.45) is 7.19. The van der Waals surface area contributed by atoms with Gasteiger partial charge in [0, 0.05) is 0 Å². The highest BCUT2D eigenvalue weighted by molar-refractivity contribution is 6.21. The molecule has 0 aliphatic heterocycles. The number of alkyl halides is 1. The molecule has 0 radical (unpaired) electrons. The highest BCUT2D eigenvalue weighted by Gasteiger charge is 2.36. The van der Waals surface area contributed by atoms with Crippen LogP contribution in [-0.4, -0.2) is 16.6 Å². The summed E-state index contributed by atoms with van der Waals surface area (Å²) in [6.45, 7) is 0. The van der Waals surface area contributed by atoms with Crippen LogP contribution >= 0.6 is 11.6 Å². The molecule has 1 nitrogen and oxygen atoms in total. The molecule has 4 atom stereocenters. The number of fused-ring (bicyclic) bond motifs is 1. The molecule has 0 bridgehead atoms. The van der Waals surface area contributed by atoms with Crippen LogP contribution in [-0.2, 0) is 0 Å². The van der Waals surface area contributed by atoms with E-state index in [1.807, 2.05) is 0 Å². The van der Waals surface area contributed by atoms with Crippen molar-refractivity contribution in [1.29, 1.82) is 0 Å². The fourth-order valence-corrected chi connectivity index (χ4v) is 3.14. The van der Waals surface area contributed by atoms with E-state index in [9.17, 15) is 5.11 Å². The van der Waals surface area contributed by atoms with Crippen LogP contribution in [0.3, 0.4) is 0 Å². The van der Waals surface area contributed by atoms with Crippen LogP contribution in [0, 0.1) is 11.8 Å². The third kappa shape index (κ3) is 1.62. The minimum Gasteiger partial charge on any atom is -0.392 e. The summed E-state index contributed by atoms with van der Waals surface area (Å²) in [6, 6.07) is 0. The SMILES string of the molecule is O[C@@H]1C[C@@H]2CCCC[C@H]2C[C@@H]1Cl. The number of rotatable bonds is 0. The average Bonchev–Trinajstić information content (AvgIpc) is 2.07. The van der Waals surface area contributed by atoms with Crippen LogP contribution in [0.15, 0.2) is 0 Å². The maximum Gasteiger partial charge on any atom is 0.0706 e. The Hall–Kier alpha value is 0.250. The lowest BCUT2D eigenvalue weighted by Gasteiger charge is -2.39. The molecule has 2 saturated carbocycles. The van der Waals surface area contributed by atoms with Crippen LogP contribution in [0.5, 0.6) is 0 Å². The van der Waals surface area contributed by atoms with E-state index in [2.05, 4.69) is 0 Å². The van der Waals surface area contributed by atoms with Gasteiger partial charge in [0.25, 0.3) is 0 Å². The van der Waals surface area contributed by atoms with Gasteiger partial charge in [0.15, 0.2) is 0 Å². The molecule has 0 aromatic heterocycles. The van der Waals surface area contributed by atoms with Crippen LogP contribution in [0.2, 0.25) is 0 Å². The standard InChI is InChI=1S/C10H17ClO/c11-9-5-7-3-1-2-4-8(7)6-10(9)12/h7-10,12H,1-6H2/t7-,8-,9-,10+/m0/s1. The molecule has 0 saturated heterocycles. The van der Waals surface area contributed by atoms with E-state index < -0.39 is 0 Å². The monoisotopic (exact) mass is 188 g/mol. The second kappa shape index (κ2) is 3.55. The fourth-order valence-electron chi connectivity index (χ4n) is 2.81. The summed E-state index contributed by atoms with van der Waals surface area (Å²) in [5.41, 5.74) is 0. The summed E-state index contributed by atoms with van der Waals surface area (Å²) in [5, 5.41) is 9.62. The van der Waals surface area contributed by atoms with E-state index in [4.69, 9.17) is 11.6 Å². The lowest BCUT2D eigenvalue weighted by Crippen LogP contribution is -2.37. The first-order valence-corrected chi connectivity index (χ1v) is 5.53. The second-order valence-electron chi connectivity index (χ2n) is 4.36. The molecule has 2 aliphatic carbocycles. The van der Waals surface area contributed by atoms with Crippen molar-refractivity contribution in [3.8, 4) is 0 Å². The number of hydrogen-bond acceptors (Lipinski definition) is 1. The molecule has 2 fully saturated rings. The van der Waals surface area contributed by atoms with Crippen LogP contribution in [0.25, 0.3) is 0 Å². The molecule has 0 amide bonds. The molecule has 12 heavy (non-hydrogen) atoms. The largest absolute Gasteiger partial charge is 0.392 e. The van der Waals surface area contributed by atoms with Crippen molar-refractivity contribution in [3.63, 3.8) is 0 Å². The third-order valence-electron chi connectivity index (χ3n) is 3.56. The first kappa shape index (κ1) is 8.83. The summed E-state index contributed by atoms with van der Waals surface area (Å²) >= 11 is 6.04. The molecule has 0 heterocycles. The van der Waals surface area contributed by atoms with Crippen molar-refractivity contribution < 1.29 is 5.11 Å². The Morgan fingerprint density at radius 1 is 1.00 bits per heavy atom. The molecule has 2 heteroatoms. The Labute approximate surface area is 79.1 Å². The zero-order valence-corrected chi connectivity index (χ0v) is 8.13. The van der Waals surface area contributed by atoms with Gasteiger partial charge in [-0.25, -0.2) is 0 Å². The van der Waals surface area contributed by atoms with Crippen molar-refractivity contribution in [1.82, 2.24) is 0 Å². The van der Waals surface area contributed by atoms with Gasteiger partial charge in [0.05, 0.1) is 11.5 Å². The summed E-state index contributed by atoms with van der Waals surface area (Å²) < 4.78 is 0. The third-order valence-corrected chi connectivity index (χ3v) is 4.03. The van der Waals surface area contributed by atoms with Crippen molar-refractivity contribution in [2.24, 2.45) is 11.8 Å². The van der Waals surface area contributed by atoms with E-state index in [1.165, 1.54) is 25.7 Å². The second-order valence-corrected chi connectivity index (χ2v) is 4.92. The maximum absolute atomic E-state index is 9.58. The summed E-state index contributed by atoms with van der Waals surface area (Å²) in [7, 11) is 0. The van der Waals surface area contributed by atoms with Crippen molar-refractivity contribution >= 4 is 11.6 Å². The molecule has 0 unspecified atom stereocenters. The Kier molecular flexibility index (Phi) is 2.61. The van der Waals surface area contributed by atoms with E-state index in [-0.39, 0.29) is 11.5 Å². The van der Waals surface area contributed by atoms with E-state index in [1.54, 1.807) is 0 Å². The highest BCUT2D eigenvalue weighted by Crippen LogP contribution is 2.41. The number of aliphatic hydroxyl groups is 1. The average molecular weight is 189 g/mol. The van der Waals surface area contributed by atoms with Gasteiger partial charge in [-0.15, -0.1) is 11.6 Å². The lowest BCUT2D eigenvalue weighted by molar-refractivity contribution is 0.0529. The molecular weight excluding hydrogens is 172 g/mol. The highest BCUT2D eigenvalue weighted by atomic mass is 35.5. The number of hydrogen-bond donors (Lipinski definition) is 1. The predicted octanol–water partition coefficient (Wildman–Crippen LogP) is 2.55. The fraction of sp³-hybridized carbons (Fsp3) is 1.00. The zero-order chi connectivity index (χ0) is 8.55. The Balaban J connectivity index is 1.98. The minimum absolute atomic E-state index is 0.0318. The van der Waals surface area contributed by atoms with Crippen molar-refractivity contribution in [2.75, 3.05) is 0 Å². The first-order chi connectivity index (χ1) is 5.77. The van der Waals surface area contributed by atoms with Crippen molar-refractivity contribution in [3.05, 3.63) is 0 Å². The van der Waals surface area contributed by atoms with E-state index >= 15 is 0 Å². The van der Waals surface area contributed by atoms with Gasteiger partial charge in [-0.05, 0) is 24.7 Å². The summed E-state index contributed by atoms with van der Waals surface area (Å²) in [5.74, 6) is 1.60. The molecule has 0 aromatic carbocycles. The van der Waals surface area contributed by atoms with Gasteiger partial charge in [-0.1, -0.05) is 25.7 Å². The Morgan fingerprint density at radius 2 is 1.58 bits per heavy atom. The maximum atomic E-state index is 9.58. The lowest BCUT2D eigenvalue weighted by atomic mass is 9.70. The topological polar surface area (TPSA) is 20.2 Å². The van der Waals surface area contributed by atoms with E-state index in [0.29, 0.717) is 0 Å². The summed E-state index contributed by atoms with van der Waals surface area (Å²) in [4.78, 5) is 0. The molecule has 70 valence electrons. The molecule has 0 spiro atoms. The minimum atomic E-state index is -0.231. The van der Waals surface area contributed by atoms with Gasteiger partial charge in [0.2, 0.25) is 0 Å². The number of halogens is 1. The quantitative estimate of drug-likeness (QED) is 0.580. The number of aliphatic hydroxyl groups excluding tert-OH is 1. The van der Waals surface area contributed by atoms with Gasteiger partial charge < -0.3 is 5.11 Å². The van der Waals surface area contributed by atoms with Gasteiger partial charge in [0.1, 0.15) is 0 Å².